The molecule has 2 unspecified atom stereocenters. The summed E-state index contributed by atoms with van der Waals surface area (Å²) in [4.78, 5) is 3.97. The number of aliphatic hydroxyl groups is 1. The summed E-state index contributed by atoms with van der Waals surface area (Å²) in [6.07, 6.45) is -1.53. The van der Waals surface area contributed by atoms with Crippen LogP contribution in [0.1, 0.15) is 39.4 Å². The molecule has 1 N–H and O–H groups in total. The molecule has 0 saturated carbocycles. The Bertz CT molecular complexity index is 1500. The fraction of sp³-hybridized carbons (Fsp3) is 0.241. The number of halogens is 7. The molecule has 2 aromatic heterocycles. The second-order valence-corrected chi connectivity index (χ2v) is 9.29. The fourth-order valence-corrected chi connectivity index (χ4v) is 4.61. The number of nitrogens with zero attached hydrogens (tertiary/aromatic N) is 2. The zero-order chi connectivity index (χ0) is 30.7. The summed E-state index contributed by atoms with van der Waals surface area (Å²) in [5, 5.41) is 22.5. The van der Waals surface area contributed by atoms with Gasteiger partial charge in [0.25, 0.3) is 0 Å². The second kappa shape index (κ2) is 12.2. The second-order valence-electron chi connectivity index (χ2n) is 9.29. The molecule has 222 valence electrons. The summed E-state index contributed by atoms with van der Waals surface area (Å²) >= 11 is 0. The highest BCUT2D eigenvalue weighted by atomic mass is 19.4. The van der Waals surface area contributed by atoms with Gasteiger partial charge in [-0.2, -0.15) is 35.5 Å². The van der Waals surface area contributed by atoms with Crippen molar-refractivity contribution in [2.24, 2.45) is 0 Å². The minimum atomic E-state index is -5.15. The van der Waals surface area contributed by atoms with Crippen LogP contribution < -0.4 is 14.2 Å². The first-order valence-electron chi connectivity index (χ1n) is 12.3. The van der Waals surface area contributed by atoms with Crippen LogP contribution in [0.5, 0.6) is 11.5 Å². The molecule has 0 radical (unpaired) electrons. The molecule has 2 aromatic carbocycles. The Morgan fingerprint density at radius 1 is 0.857 bits per heavy atom. The average Bonchev–Trinajstić information content (AvgIpc) is 2.92. The van der Waals surface area contributed by atoms with Crippen LogP contribution in [0.3, 0.4) is 0 Å². The number of benzene rings is 2. The van der Waals surface area contributed by atoms with Gasteiger partial charge < -0.3 is 19.8 Å². The number of ether oxygens (including phenoxy) is 2. The topological polar surface area (TPSA) is 78.5 Å². The molecular weight excluding hydrogens is 573 g/mol. The van der Waals surface area contributed by atoms with Crippen LogP contribution in [-0.4, -0.2) is 29.5 Å². The van der Waals surface area contributed by atoms with E-state index < -0.39 is 53.7 Å². The molecular formula is C29H23F7N2O4. The fourth-order valence-electron chi connectivity index (χ4n) is 4.61. The maximum Gasteiger partial charge on any atom is 0.427 e. The van der Waals surface area contributed by atoms with E-state index in [1.807, 2.05) is 0 Å². The summed E-state index contributed by atoms with van der Waals surface area (Å²) < 4.78 is 104. The largest absolute Gasteiger partial charge is 0.619 e. The Balaban J connectivity index is 1.81. The van der Waals surface area contributed by atoms with Crippen LogP contribution in [-0.2, 0) is 12.0 Å². The summed E-state index contributed by atoms with van der Waals surface area (Å²) in [7, 11) is 0. The zero-order valence-electron chi connectivity index (χ0n) is 21.7. The summed E-state index contributed by atoms with van der Waals surface area (Å²) in [6, 6.07) is 14.1. The molecule has 42 heavy (non-hydrogen) atoms. The van der Waals surface area contributed by atoms with E-state index in [4.69, 9.17) is 0 Å². The van der Waals surface area contributed by atoms with Gasteiger partial charge in [-0.05, 0) is 53.8 Å². The van der Waals surface area contributed by atoms with Crippen molar-refractivity contribution in [1.29, 1.82) is 0 Å². The maximum absolute atomic E-state index is 14.3. The standard InChI is InChI=1S/C29H23F7N2O4/c1-17-4-2-3-5-22(17)28(39,29(34,35)36)25-9-7-20(16-37-25)21(14-18-10-12-38(40)13-11-18)19-6-8-23(41-26(30)31)24(15-19)42-27(32)33/h2-13,15-16,21,26-27,39H,14H2,1H3. The van der Waals surface area contributed by atoms with Gasteiger partial charge in [0.15, 0.2) is 23.9 Å². The summed E-state index contributed by atoms with van der Waals surface area (Å²) in [5.41, 5.74) is -3.28. The van der Waals surface area contributed by atoms with Crippen molar-refractivity contribution < 1.29 is 50.0 Å². The van der Waals surface area contributed by atoms with Gasteiger partial charge in [-0.3, -0.25) is 4.98 Å². The molecule has 4 rings (SSSR count). The van der Waals surface area contributed by atoms with Crippen LogP contribution in [0.4, 0.5) is 30.7 Å². The first-order valence-corrected chi connectivity index (χ1v) is 12.3. The Morgan fingerprint density at radius 2 is 1.48 bits per heavy atom. The first-order chi connectivity index (χ1) is 19.8. The predicted molar refractivity (Wildman–Crippen MR) is 135 cm³/mol. The van der Waals surface area contributed by atoms with Gasteiger partial charge in [0, 0.05) is 29.8 Å². The van der Waals surface area contributed by atoms with E-state index in [9.17, 15) is 41.0 Å². The highest BCUT2D eigenvalue weighted by Crippen LogP contribution is 2.45. The normalized spacial score (nSPS) is 14.1. The number of rotatable bonds is 10. The molecule has 0 spiro atoms. The molecule has 2 heterocycles. The molecule has 0 aliphatic rings. The van der Waals surface area contributed by atoms with Gasteiger partial charge in [-0.25, -0.2) is 0 Å². The van der Waals surface area contributed by atoms with Crippen LogP contribution in [0.25, 0.3) is 0 Å². The van der Waals surface area contributed by atoms with E-state index in [-0.39, 0.29) is 23.1 Å². The third-order valence-corrected chi connectivity index (χ3v) is 6.62. The van der Waals surface area contributed by atoms with Gasteiger partial charge >= 0.3 is 19.4 Å². The summed E-state index contributed by atoms with van der Waals surface area (Å²) in [6.45, 7) is -5.28. The van der Waals surface area contributed by atoms with E-state index in [2.05, 4.69) is 14.5 Å². The molecule has 0 bridgehead atoms. The van der Waals surface area contributed by atoms with Crippen molar-refractivity contribution in [3.05, 3.63) is 124 Å². The van der Waals surface area contributed by atoms with E-state index in [0.717, 1.165) is 30.5 Å². The van der Waals surface area contributed by atoms with E-state index in [1.165, 1.54) is 61.8 Å². The lowest BCUT2D eigenvalue weighted by atomic mass is 9.84. The van der Waals surface area contributed by atoms with Crippen LogP contribution in [0.15, 0.2) is 85.3 Å². The average molecular weight is 596 g/mol. The number of aryl methyl sites for hydroxylation is 1. The predicted octanol–water partition coefficient (Wildman–Crippen LogP) is 6.40. The quantitative estimate of drug-likeness (QED) is 0.130. The van der Waals surface area contributed by atoms with Gasteiger partial charge in [0.2, 0.25) is 5.60 Å². The monoisotopic (exact) mass is 596 g/mol. The molecule has 0 saturated heterocycles. The van der Waals surface area contributed by atoms with Crippen LogP contribution in [0, 0.1) is 12.1 Å². The highest BCUT2D eigenvalue weighted by Gasteiger charge is 2.58. The number of hydrogen-bond acceptors (Lipinski definition) is 5. The summed E-state index contributed by atoms with van der Waals surface area (Å²) in [5.74, 6) is -2.14. The molecule has 2 atom stereocenters. The molecule has 0 aliphatic carbocycles. The SMILES string of the molecule is Cc1ccccc1C(O)(c1ccc(C(Cc2cc[n+]([O-])cc2)c2ccc(OC(F)F)c(OC(F)F)c2)cn1)C(F)(F)F. The molecule has 0 amide bonds. The number of aromatic nitrogens is 2. The minimum absolute atomic E-state index is 0.0897. The van der Waals surface area contributed by atoms with Gasteiger partial charge in [-0.15, -0.1) is 0 Å². The zero-order valence-corrected chi connectivity index (χ0v) is 21.7. The van der Waals surface area contributed by atoms with Crippen molar-refractivity contribution in [2.45, 2.75) is 44.3 Å². The number of hydrogen-bond donors (Lipinski definition) is 1. The minimum Gasteiger partial charge on any atom is -0.619 e. The molecule has 6 nitrogen and oxygen atoms in total. The smallest absolute Gasteiger partial charge is 0.427 e. The van der Waals surface area contributed by atoms with Crippen molar-refractivity contribution in [3.8, 4) is 11.5 Å². The molecule has 0 aliphatic heterocycles. The lowest BCUT2D eigenvalue weighted by Gasteiger charge is -2.32. The lowest BCUT2D eigenvalue weighted by molar-refractivity contribution is -0.605. The third-order valence-electron chi connectivity index (χ3n) is 6.62. The van der Waals surface area contributed by atoms with Crippen LogP contribution >= 0.6 is 0 Å². The van der Waals surface area contributed by atoms with E-state index >= 15 is 0 Å². The third kappa shape index (κ3) is 6.56. The number of alkyl halides is 7. The Kier molecular flexibility index (Phi) is 8.90. The van der Waals surface area contributed by atoms with E-state index in [1.54, 1.807) is 0 Å². The van der Waals surface area contributed by atoms with Gasteiger partial charge in [0.1, 0.15) is 0 Å². The highest BCUT2D eigenvalue weighted by molar-refractivity contribution is 5.47. The van der Waals surface area contributed by atoms with Gasteiger partial charge in [-0.1, -0.05) is 36.4 Å². The van der Waals surface area contributed by atoms with Crippen molar-refractivity contribution in [1.82, 2.24) is 4.98 Å². The Morgan fingerprint density at radius 3 is 2.05 bits per heavy atom. The maximum atomic E-state index is 14.3. The first kappa shape index (κ1) is 30.6. The Labute approximate surface area is 235 Å². The molecule has 13 heteroatoms. The van der Waals surface area contributed by atoms with E-state index in [0.29, 0.717) is 10.3 Å². The van der Waals surface area contributed by atoms with Gasteiger partial charge in [0.05, 0.1) is 5.69 Å². The number of pyridine rings is 2. The van der Waals surface area contributed by atoms with Crippen molar-refractivity contribution in [2.75, 3.05) is 0 Å². The van der Waals surface area contributed by atoms with Crippen molar-refractivity contribution in [3.63, 3.8) is 0 Å². The van der Waals surface area contributed by atoms with Crippen LogP contribution in [0.2, 0.25) is 0 Å². The van der Waals surface area contributed by atoms with Crippen molar-refractivity contribution >= 4 is 0 Å². The molecule has 0 fully saturated rings. The molecule has 4 aromatic rings. The lowest BCUT2D eigenvalue weighted by Crippen LogP contribution is -2.44. The Hall–Kier alpha value is -4.39.